The Morgan fingerprint density at radius 2 is 1.84 bits per heavy atom. The van der Waals surface area contributed by atoms with Gasteiger partial charge < -0.3 is 14.5 Å². The number of ether oxygens (including phenoxy) is 1. The monoisotopic (exact) mass is 655 g/mol. The van der Waals surface area contributed by atoms with Crippen LogP contribution < -0.4 is 15.6 Å². The number of amides is 1. The normalized spacial score (nSPS) is 11.3. The van der Waals surface area contributed by atoms with E-state index in [4.69, 9.17) is 9.15 Å². The Morgan fingerprint density at radius 3 is 2.64 bits per heavy atom. The minimum absolute atomic E-state index is 0.0540. The van der Waals surface area contributed by atoms with E-state index in [1.165, 1.54) is 36.5 Å². The summed E-state index contributed by atoms with van der Waals surface area (Å²) in [7, 11) is 0. The van der Waals surface area contributed by atoms with E-state index in [1.54, 1.807) is 42.5 Å². The van der Waals surface area contributed by atoms with Crippen LogP contribution >= 0.6 is 15.9 Å². The van der Waals surface area contributed by atoms with Crippen molar-refractivity contribution in [1.82, 2.24) is 9.66 Å². The average molecular weight is 656 g/mol. The van der Waals surface area contributed by atoms with Gasteiger partial charge in [0.1, 0.15) is 11.4 Å². The second kappa shape index (κ2) is 11.9. The van der Waals surface area contributed by atoms with Crippen molar-refractivity contribution in [2.75, 3.05) is 11.9 Å². The lowest BCUT2D eigenvalue weighted by molar-refractivity contribution is -0.385. The minimum atomic E-state index is -0.719. The van der Waals surface area contributed by atoms with Gasteiger partial charge in [-0.05, 0) is 58.4 Å². The molecule has 0 fully saturated rings. The van der Waals surface area contributed by atoms with Gasteiger partial charge in [-0.1, -0.05) is 42.5 Å². The van der Waals surface area contributed by atoms with Crippen LogP contribution in [0.4, 0.5) is 15.8 Å². The van der Waals surface area contributed by atoms with Crippen LogP contribution in [0, 0.1) is 15.9 Å². The van der Waals surface area contributed by atoms with Crippen LogP contribution in [0.25, 0.3) is 33.5 Å². The highest BCUT2D eigenvalue weighted by Gasteiger charge is 2.22. The molecule has 0 unspecified atom stereocenters. The Labute approximate surface area is 255 Å². The molecule has 6 aromatic rings. The lowest BCUT2D eigenvalue weighted by atomic mass is 10.2. The van der Waals surface area contributed by atoms with Gasteiger partial charge >= 0.3 is 5.69 Å². The summed E-state index contributed by atoms with van der Waals surface area (Å²) in [5, 5.41) is 19.8. The standard InChI is InChI=1S/C31H19BrFN5O6/c32-21-13-18(14-25(38(41)42)29(21)43-17-28(39)35-24-11-5-3-9-22(24)33)16-34-37-30(27-15-19-7-1-6-12-26(19)44-27)36-23-10-4-2-8-20(23)31(37)40/h1-16H,17H2,(H,35,39). The highest BCUT2D eigenvalue weighted by atomic mass is 79.9. The van der Waals surface area contributed by atoms with E-state index in [1.807, 2.05) is 18.2 Å². The molecule has 0 spiro atoms. The van der Waals surface area contributed by atoms with Gasteiger partial charge in [0.15, 0.2) is 12.4 Å². The number of nitrogens with one attached hydrogen (secondary N) is 1. The highest BCUT2D eigenvalue weighted by molar-refractivity contribution is 9.10. The number of rotatable bonds is 8. The fourth-order valence-electron chi connectivity index (χ4n) is 4.45. The van der Waals surface area contributed by atoms with E-state index in [0.29, 0.717) is 22.2 Å². The van der Waals surface area contributed by atoms with Crippen molar-refractivity contribution >= 4 is 61.3 Å². The molecule has 0 aliphatic rings. The molecule has 0 radical (unpaired) electrons. The lowest BCUT2D eigenvalue weighted by Gasteiger charge is -2.11. The number of benzene rings is 4. The maximum Gasteiger partial charge on any atom is 0.312 e. The third-order valence-corrected chi connectivity index (χ3v) is 7.05. The van der Waals surface area contributed by atoms with E-state index < -0.39 is 34.5 Å². The number of nitrogens with zero attached hydrogens (tertiary/aromatic N) is 4. The Hall–Kier alpha value is -5.69. The summed E-state index contributed by atoms with van der Waals surface area (Å²) < 4.78 is 26.5. The summed E-state index contributed by atoms with van der Waals surface area (Å²) in [5.41, 5.74) is 0.276. The third-order valence-electron chi connectivity index (χ3n) is 6.46. The summed E-state index contributed by atoms with van der Waals surface area (Å²) in [5.74, 6) is -1.14. The zero-order chi connectivity index (χ0) is 30.8. The molecule has 0 saturated carbocycles. The number of aromatic nitrogens is 2. The second-order valence-electron chi connectivity index (χ2n) is 9.39. The zero-order valence-electron chi connectivity index (χ0n) is 22.4. The molecule has 0 aliphatic carbocycles. The van der Waals surface area contributed by atoms with Crippen LogP contribution in [0.3, 0.4) is 0 Å². The van der Waals surface area contributed by atoms with Crippen LogP contribution in [-0.4, -0.2) is 33.3 Å². The molecule has 11 nitrogen and oxygen atoms in total. The Morgan fingerprint density at radius 1 is 1.09 bits per heavy atom. The maximum atomic E-state index is 13.9. The molecule has 0 bridgehead atoms. The van der Waals surface area contributed by atoms with Crippen LogP contribution in [0.1, 0.15) is 5.56 Å². The molecule has 4 aromatic carbocycles. The molecular weight excluding hydrogens is 637 g/mol. The number of nitro groups is 1. The molecule has 2 aromatic heterocycles. The van der Waals surface area contributed by atoms with Gasteiger partial charge in [0, 0.05) is 17.0 Å². The second-order valence-corrected chi connectivity index (χ2v) is 10.2. The number of furan rings is 1. The smallest absolute Gasteiger partial charge is 0.312 e. The van der Waals surface area contributed by atoms with Gasteiger partial charge in [0.25, 0.3) is 11.5 Å². The molecular formula is C31H19BrFN5O6. The van der Waals surface area contributed by atoms with E-state index in [2.05, 4.69) is 31.3 Å². The van der Waals surface area contributed by atoms with Crippen LogP contribution in [0.5, 0.6) is 5.75 Å². The van der Waals surface area contributed by atoms with Gasteiger partial charge in [-0.15, -0.1) is 0 Å². The van der Waals surface area contributed by atoms with Gasteiger partial charge in [-0.2, -0.15) is 9.78 Å². The van der Waals surface area contributed by atoms with Crippen molar-refractivity contribution in [2.24, 2.45) is 5.10 Å². The molecule has 218 valence electrons. The van der Waals surface area contributed by atoms with Gasteiger partial charge in [-0.3, -0.25) is 19.7 Å². The van der Waals surface area contributed by atoms with Crippen molar-refractivity contribution in [3.63, 3.8) is 0 Å². The number of halogens is 2. The van der Waals surface area contributed by atoms with E-state index in [-0.39, 0.29) is 27.3 Å². The molecule has 2 heterocycles. The SMILES string of the molecule is O=C(COc1c(Br)cc(C=Nn2c(-c3cc4ccccc4o3)nc3ccccc3c2=O)cc1[N+](=O)[O-])Nc1ccccc1F. The summed E-state index contributed by atoms with van der Waals surface area (Å²) in [4.78, 5) is 41.7. The molecule has 13 heteroatoms. The van der Waals surface area contributed by atoms with E-state index >= 15 is 0 Å². The van der Waals surface area contributed by atoms with Crippen molar-refractivity contribution in [3.8, 4) is 17.3 Å². The molecule has 44 heavy (non-hydrogen) atoms. The summed E-state index contributed by atoms with van der Waals surface area (Å²) in [6.45, 7) is -0.625. The van der Waals surface area contributed by atoms with Crippen LogP contribution in [0.15, 0.2) is 110 Å². The van der Waals surface area contributed by atoms with Crippen LogP contribution in [-0.2, 0) is 4.79 Å². The first kappa shape index (κ1) is 28.4. The van der Waals surface area contributed by atoms with Crippen molar-refractivity contribution in [3.05, 3.63) is 127 Å². The number of fused-ring (bicyclic) bond motifs is 2. The lowest BCUT2D eigenvalue weighted by Crippen LogP contribution is -2.21. The predicted molar refractivity (Wildman–Crippen MR) is 166 cm³/mol. The number of anilines is 1. The number of carbonyl (C=O) groups is 1. The zero-order valence-corrected chi connectivity index (χ0v) is 24.0. The molecule has 0 aliphatic heterocycles. The fourth-order valence-corrected chi connectivity index (χ4v) is 5.03. The largest absolute Gasteiger partial charge is 0.476 e. The number of hydrogen-bond donors (Lipinski definition) is 1. The number of carbonyl (C=O) groups excluding carboxylic acids is 1. The predicted octanol–water partition coefficient (Wildman–Crippen LogP) is 6.52. The Kier molecular flexibility index (Phi) is 7.69. The molecule has 1 N–H and O–H groups in total. The summed E-state index contributed by atoms with van der Waals surface area (Å²) in [6.07, 6.45) is 1.26. The number of hydrogen-bond acceptors (Lipinski definition) is 8. The number of para-hydroxylation sites is 3. The molecule has 1 amide bonds. The summed E-state index contributed by atoms with van der Waals surface area (Å²) >= 11 is 3.26. The Bertz CT molecular complexity index is 2140. The van der Waals surface area contributed by atoms with Crippen LogP contribution in [0.2, 0.25) is 0 Å². The first-order valence-corrected chi connectivity index (χ1v) is 13.8. The third kappa shape index (κ3) is 5.68. The average Bonchev–Trinajstić information content (AvgIpc) is 3.45. The number of nitro benzene ring substituents is 1. The first-order valence-electron chi connectivity index (χ1n) is 13.0. The fraction of sp³-hybridized carbons (Fsp3) is 0.0323. The van der Waals surface area contributed by atoms with E-state index in [0.717, 1.165) is 10.1 Å². The molecule has 0 saturated heterocycles. The quantitative estimate of drug-likeness (QED) is 0.112. The van der Waals surface area contributed by atoms with E-state index in [9.17, 15) is 24.1 Å². The van der Waals surface area contributed by atoms with Gasteiger partial charge in [-0.25, -0.2) is 9.37 Å². The van der Waals surface area contributed by atoms with Crippen molar-refractivity contribution in [2.45, 2.75) is 0 Å². The molecule has 6 rings (SSSR count). The maximum absolute atomic E-state index is 13.9. The Balaban J connectivity index is 1.34. The van der Waals surface area contributed by atoms with Gasteiger partial charge in [0.05, 0.1) is 32.2 Å². The first-order chi connectivity index (χ1) is 21.3. The topological polar surface area (TPSA) is 142 Å². The van der Waals surface area contributed by atoms with Gasteiger partial charge in [0.2, 0.25) is 11.6 Å². The van der Waals surface area contributed by atoms with Crippen molar-refractivity contribution in [1.29, 1.82) is 0 Å². The molecule has 0 atom stereocenters. The van der Waals surface area contributed by atoms with Crippen molar-refractivity contribution < 1.29 is 23.3 Å². The minimum Gasteiger partial charge on any atom is -0.476 e. The highest BCUT2D eigenvalue weighted by Crippen LogP contribution is 2.36. The summed E-state index contributed by atoms with van der Waals surface area (Å²) in [6, 6.07) is 24.1.